The van der Waals surface area contributed by atoms with Gasteiger partial charge in [-0.05, 0) is 24.1 Å². The molecule has 2 aromatic rings. The van der Waals surface area contributed by atoms with Gasteiger partial charge in [-0.3, -0.25) is 0 Å². The molecule has 16 heavy (non-hydrogen) atoms. The van der Waals surface area contributed by atoms with E-state index < -0.39 is 0 Å². The average Bonchev–Trinajstić information content (AvgIpc) is 2.55. The lowest BCUT2D eigenvalue weighted by atomic mass is 10.1. The van der Waals surface area contributed by atoms with Crippen molar-refractivity contribution in [3.63, 3.8) is 0 Å². The van der Waals surface area contributed by atoms with Crippen LogP contribution >= 0.6 is 11.6 Å². The second kappa shape index (κ2) is 4.07. The van der Waals surface area contributed by atoms with Crippen LogP contribution in [-0.2, 0) is 7.05 Å². The Morgan fingerprint density at radius 3 is 2.69 bits per heavy atom. The summed E-state index contributed by atoms with van der Waals surface area (Å²) < 4.78 is 2.02. The zero-order chi connectivity index (χ0) is 11.9. The third-order valence-corrected chi connectivity index (χ3v) is 3.13. The maximum absolute atomic E-state index is 6.12. The van der Waals surface area contributed by atoms with Gasteiger partial charge in [-0.25, -0.2) is 4.98 Å². The van der Waals surface area contributed by atoms with Crippen molar-refractivity contribution in [2.24, 2.45) is 18.7 Å². The van der Waals surface area contributed by atoms with Gasteiger partial charge in [0.05, 0.1) is 17.1 Å². The van der Waals surface area contributed by atoms with Crippen LogP contribution in [-0.4, -0.2) is 9.55 Å². The highest BCUT2D eigenvalue weighted by Gasteiger charge is 2.17. The fourth-order valence-corrected chi connectivity index (χ4v) is 1.94. The highest BCUT2D eigenvalue weighted by atomic mass is 35.5. The second-order valence-electron chi connectivity index (χ2n) is 4.43. The van der Waals surface area contributed by atoms with Crippen molar-refractivity contribution < 1.29 is 0 Å². The molecular formula is C12H16ClN3. The molecule has 0 amide bonds. The summed E-state index contributed by atoms with van der Waals surface area (Å²) in [6.07, 6.45) is 0. The van der Waals surface area contributed by atoms with Gasteiger partial charge in [-0.1, -0.05) is 25.4 Å². The number of fused-ring (bicyclic) bond motifs is 1. The molecule has 3 nitrogen and oxygen atoms in total. The fraction of sp³-hybridized carbons (Fsp3) is 0.417. The van der Waals surface area contributed by atoms with E-state index in [4.69, 9.17) is 17.3 Å². The minimum absolute atomic E-state index is 0.0452. The highest BCUT2D eigenvalue weighted by molar-refractivity contribution is 6.31. The zero-order valence-corrected chi connectivity index (χ0v) is 10.5. The molecule has 4 heteroatoms. The van der Waals surface area contributed by atoms with Crippen molar-refractivity contribution in [2.45, 2.75) is 19.9 Å². The molecule has 0 radical (unpaired) electrons. The number of rotatable bonds is 2. The minimum Gasteiger partial charge on any atom is -0.330 e. The van der Waals surface area contributed by atoms with Crippen molar-refractivity contribution in [1.82, 2.24) is 9.55 Å². The fourth-order valence-electron chi connectivity index (χ4n) is 1.78. The molecule has 0 aliphatic heterocycles. The summed E-state index contributed by atoms with van der Waals surface area (Å²) in [4.78, 5) is 4.55. The van der Waals surface area contributed by atoms with Gasteiger partial charge in [-0.2, -0.15) is 0 Å². The van der Waals surface area contributed by atoms with Crippen LogP contribution in [0.4, 0.5) is 0 Å². The molecule has 0 bridgehead atoms. The third-order valence-electron chi connectivity index (χ3n) is 2.89. The van der Waals surface area contributed by atoms with E-state index in [0.29, 0.717) is 5.92 Å². The van der Waals surface area contributed by atoms with E-state index in [9.17, 15) is 0 Å². The number of nitrogens with two attached hydrogens (primary N) is 1. The minimum atomic E-state index is -0.0452. The van der Waals surface area contributed by atoms with Crippen LogP contribution in [0.15, 0.2) is 18.2 Å². The molecule has 0 aliphatic rings. The van der Waals surface area contributed by atoms with Crippen LogP contribution in [0.3, 0.4) is 0 Å². The molecular weight excluding hydrogens is 222 g/mol. The van der Waals surface area contributed by atoms with Crippen molar-refractivity contribution in [2.75, 3.05) is 0 Å². The lowest BCUT2D eigenvalue weighted by Crippen LogP contribution is -2.20. The van der Waals surface area contributed by atoms with Gasteiger partial charge in [-0.15, -0.1) is 0 Å². The summed E-state index contributed by atoms with van der Waals surface area (Å²) in [6.45, 7) is 4.19. The quantitative estimate of drug-likeness (QED) is 0.873. The first-order valence-corrected chi connectivity index (χ1v) is 5.76. The first-order valence-electron chi connectivity index (χ1n) is 5.38. The van der Waals surface area contributed by atoms with E-state index in [-0.39, 0.29) is 6.04 Å². The number of halogens is 1. The number of hydrogen-bond acceptors (Lipinski definition) is 2. The Labute approximate surface area is 100 Å². The van der Waals surface area contributed by atoms with E-state index in [1.807, 2.05) is 29.8 Å². The molecule has 0 fully saturated rings. The normalized spacial score (nSPS) is 13.6. The average molecular weight is 238 g/mol. The predicted molar refractivity (Wildman–Crippen MR) is 67.5 cm³/mol. The van der Waals surface area contributed by atoms with Gasteiger partial charge < -0.3 is 10.3 Å². The van der Waals surface area contributed by atoms with Gasteiger partial charge in [0.2, 0.25) is 0 Å². The monoisotopic (exact) mass is 237 g/mol. The van der Waals surface area contributed by atoms with E-state index >= 15 is 0 Å². The lowest BCUT2D eigenvalue weighted by Gasteiger charge is -2.14. The standard InChI is InChI=1S/C12H16ClN3/c1-7(2)11(14)12-15-9-5-4-8(13)6-10(9)16(12)3/h4-7,11H,14H2,1-3H3/t11-/m0/s1. The number of nitrogens with zero attached hydrogens (tertiary/aromatic N) is 2. The third kappa shape index (κ3) is 1.81. The number of aromatic nitrogens is 2. The maximum atomic E-state index is 6.12. The molecule has 0 aliphatic carbocycles. The van der Waals surface area contributed by atoms with Crippen molar-refractivity contribution in [3.05, 3.63) is 29.0 Å². The molecule has 2 rings (SSSR count). The van der Waals surface area contributed by atoms with Crippen LogP contribution in [0.2, 0.25) is 5.02 Å². The van der Waals surface area contributed by atoms with Crippen molar-refractivity contribution in [1.29, 1.82) is 0 Å². The van der Waals surface area contributed by atoms with E-state index in [2.05, 4.69) is 18.8 Å². The molecule has 0 unspecified atom stereocenters. The van der Waals surface area contributed by atoms with Crippen molar-refractivity contribution >= 4 is 22.6 Å². The Morgan fingerprint density at radius 1 is 1.38 bits per heavy atom. The molecule has 0 saturated carbocycles. The van der Waals surface area contributed by atoms with Gasteiger partial charge in [0, 0.05) is 12.1 Å². The highest BCUT2D eigenvalue weighted by Crippen LogP contribution is 2.24. The Morgan fingerprint density at radius 2 is 2.06 bits per heavy atom. The van der Waals surface area contributed by atoms with E-state index in [1.54, 1.807) is 0 Å². The van der Waals surface area contributed by atoms with Crippen LogP contribution in [0.5, 0.6) is 0 Å². The molecule has 1 aromatic heterocycles. The summed E-state index contributed by atoms with van der Waals surface area (Å²) in [6, 6.07) is 5.65. The topological polar surface area (TPSA) is 43.8 Å². The largest absolute Gasteiger partial charge is 0.330 e. The van der Waals surface area contributed by atoms with Crippen molar-refractivity contribution in [3.8, 4) is 0 Å². The summed E-state index contributed by atoms with van der Waals surface area (Å²) in [5.74, 6) is 1.28. The van der Waals surface area contributed by atoms with Gasteiger partial charge in [0.15, 0.2) is 0 Å². The van der Waals surface area contributed by atoms with Crippen LogP contribution in [0.25, 0.3) is 11.0 Å². The SMILES string of the molecule is CC(C)[C@H](N)c1nc2ccc(Cl)cc2n1C. The number of imidazole rings is 1. The van der Waals surface area contributed by atoms with Crippen LogP contribution in [0, 0.1) is 5.92 Å². The Hall–Kier alpha value is -1.06. The molecule has 1 aromatic carbocycles. The molecule has 2 N–H and O–H groups in total. The molecule has 1 heterocycles. The van der Waals surface area contributed by atoms with E-state index in [0.717, 1.165) is 21.9 Å². The summed E-state index contributed by atoms with van der Waals surface area (Å²) in [5.41, 5.74) is 8.09. The zero-order valence-electron chi connectivity index (χ0n) is 9.74. The maximum Gasteiger partial charge on any atom is 0.126 e. The van der Waals surface area contributed by atoms with Crippen LogP contribution < -0.4 is 5.73 Å². The lowest BCUT2D eigenvalue weighted by molar-refractivity contribution is 0.480. The Bertz CT molecular complexity index is 516. The predicted octanol–water partition coefficient (Wildman–Crippen LogP) is 2.88. The van der Waals surface area contributed by atoms with E-state index in [1.165, 1.54) is 0 Å². The Kier molecular flexibility index (Phi) is 2.91. The number of hydrogen-bond donors (Lipinski definition) is 1. The van der Waals surface area contributed by atoms with Crippen LogP contribution in [0.1, 0.15) is 25.7 Å². The summed E-state index contributed by atoms with van der Waals surface area (Å²) >= 11 is 5.97. The number of aryl methyl sites for hydroxylation is 1. The molecule has 1 atom stereocenters. The molecule has 86 valence electrons. The first kappa shape index (κ1) is 11.4. The Balaban J connectivity index is 2.60. The summed E-state index contributed by atoms with van der Waals surface area (Å²) in [5, 5.41) is 0.722. The second-order valence-corrected chi connectivity index (χ2v) is 4.87. The summed E-state index contributed by atoms with van der Waals surface area (Å²) in [7, 11) is 1.98. The van der Waals surface area contributed by atoms with Gasteiger partial charge in [0.1, 0.15) is 5.82 Å². The molecule has 0 saturated heterocycles. The molecule has 0 spiro atoms. The number of benzene rings is 1. The van der Waals surface area contributed by atoms with Gasteiger partial charge in [0.25, 0.3) is 0 Å². The van der Waals surface area contributed by atoms with Gasteiger partial charge >= 0.3 is 0 Å². The first-order chi connectivity index (χ1) is 7.50. The smallest absolute Gasteiger partial charge is 0.126 e.